The first kappa shape index (κ1) is 19.3. The van der Waals surface area contributed by atoms with Crippen LogP contribution in [0.4, 0.5) is 4.79 Å². The highest BCUT2D eigenvalue weighted by molar-refractivity contribution is 5.95. The maximum absolute atomic E-state index is 12.1. The highest BCUT2D eigenvalue weighted by Crippen LogP contribution is 2.13. The summed E-state index contributed by atoms with van der Waals surface area (Å²) >= 11 is 0. The fourth-order valence-corrected chi connectivity index (χ4v) is 1.50. The molecule has 0 aliphatic carbocycles. The van der Waals surface area contributed by atoms with Crippen molar-refractivity contribution >= 4 is 18.0 Å². The summed E-state index contributed by atoms with van der Waals surface area (Å²) in [6.07, 6.45) is -0.672. The summed E-state index contributed by atoms with van der Waals surface area (Å²) in [5.41, 5.74) is 2.06. The molecule has 1 N–H and O–H groups in total. The van der Waals surface area contributed by atoms with Gasteiger partial charge in [0.15, 0.2) is 6.61 Å². The lowest BCUT2D eigenvalue weighted by molar-refractivity contribution is -0.142. The predicted octanol–water partition coefficient (Wildman–Crippen LogP) is 1.75. The van der Waals surface area contributed by atoms with Gasteiger partial charge in [-0.15, -0.1) is 0 Å². The van der Waals surface area contributed by atoms with Crippen molar-refractivity contribution in [3.63, 3.8) is 0 Å². The Hall–Kier alpha value is -2.77. The topological polar surface area (TPSA) is 94.2 Å². The third-order valence-corrected chi connectivity index (χ3v) is 2.64. The fourth-order valence-electron chi connectivity index (χ4n) is 1.50. The van der Waals surface area contributed by atoms with Crippen LogP contribution in [0.5, 0.6) is 5.75 Å². The summed E-state index contributed by atoms with van der Waals surface area (Å²) in [6.45, 7) is 4.97. The van der Waals surface area contributed by atoms with Gasteiger partial charge in [0, 0.05) is 12.6 Å². The maximum atomic E-state index is 12.1. The Bertz CT molecular complexity index is 592. The Balaban J connectivity index is 2.59. The molecule has 0 aromatic heterocycles. The summed E-state index contributed by atoms with van der Waals surface area (Å²) in [7, 11) is 2.65. The Morgan fingerprint density at radius 2 is 1.71 bits per heavy atom. The van der Waals surface area contributed by atoms with Gasteiger partial charge in [0.2, 0.25) is 0 Å². The molecule has 0 spiro atoms. The Morgan fingerprint density at radius 3 is 2.21 bits per heavy atom. The molecule has 0 bridgehead atoms. The number of benzene rings is 1. The monoisotopic (exact) mass is 338 g/mol. The van der Waals surface area contributed by atoms with Gasteiger partial charge >= 0.3 is 12.1 Å². The van der Waals surface area contributed by atoms with Crippen molar-refractivity contribution in [2.45, 2.75) is 26.4 Å². The number of hydrogen-bond donors (Lipinski definition) is 1. The summed E-state index contributed by atoms with van der Waals surface area (Å²) < 4.78 is 14.8. The van der Waals surface area contributed by atoms with Crippen LogP contribution in [0, 0.1) is 0 Å². The minimum atomic E-state index is -0.672. The van der Waals surface area contributed by atoms with Crippen LogP contribution in [-0.2, 0) is 14.3 Å². The van der Waals surface area contributed by atoms with E-state index in [0.717, 1.165) is 5.01 Å². The number of hydrogen-bond acceptors (Lipinski definition) is 6. The van der Waals surface area contributed by atoms with Crippen LogP contribution in [0.2, 0.25) is 0 Å². The molecular formula is C16H22N2O6. The zero-order valence-corrected chi connectivity index (χ0v) is 14.4. The van der Waals surface area contributed by atoms with Gasteiger partial charge in [-0.2, -0.15) is 0 Å². The second-order valence-electron chi connectivity index (χ2n) is 5.87. The van der Waals surface area contributed by atoms with Crippen molar-refractivity contribution in [2.75, 3.05) is 20.8 Å². The van der Waals surface area contributed by atoms with E-state index in [9.17, 15) is 14.4 Å². The molecule has 132 valence electrons. The summed E-state index contributed by atoms with van der Waals surface area (Å²) in [4.78, 5) is 34.8. The first-order chi connectivity index (χ1) is 11.1. The molecule has 8 heteroatoms. The Labute approximate surface area is 140 Å². The maximum Gasteiger partial charge on any atom is 0.428 e. The molecule has 24 heavy (non-hydrogen) atoms. The highest BCUT2D eigenvalue weighted by Gasteiger charge is 2.21. The molecule has 0 saturated carbocycles. The van der Waals surface area contributed by atoms with Gasteiger partial charge in [0.05, 0.1) is 7.11 Å². The van der Waals surface area contributed by atoms with E-state index in [4.69, 9.17) is 9.47 Å². The lowest BCUT2D eigenvalue weighted by Crippen LogP contribution is -2.45. The number of amides is 2. The zero-order valence-electron chi connectivity index (χ0n) is 14.4. The lowest BCUT2D eigenvalue weighted by Gasteiger charge is -2.24. The van der Waals surface area contributed by atoms with Crippen LogP contribution in [-0.4, -0.2) is 49.3 Å². The van der Waals surface area contributed by atoms with Gasteiger partial charge in [0.25, 0.3) is 5.91 Å². The molecule has 0 saturated heterocycles. The molecule has 1 aromatic rings. The normalized spacial score (nSPS) is 10.5. The van der Waals surface area contributed by atoms with Gasteiger partial charge < -0.3 is 14.2 Å². The number of rotatable bonds is 4. The second-order valence-corrected chi connectivity index (χ2v) is 5.87. The van der Waals surface area contributed by atoms with Gasteiger partial charge in [0.1, 0.15) is 11.4 Å². The van der Waals surface area contributed by atoms with Crippen molar-refractivity contribution in [3.8, 4) is 5.75 Å². The minimum absolute atomic E-state index is 0.219. The van der Waals surface area contributed by atoms with Crippen LogP contribution in [0.25, 0.3) is 0 Å². The SMILES string of the molecule is COC(=O)COc1ccc(C(=O)NN(C)C(=O)OC(C)(C)C)cc1. The molecule has 1 rings (SSSR count). The Morgan fingerprint density at radius 1 is 1.12 bits per heavy atom. The third kappa shape index (κ3) is 6.55. The summed E-state index contributed by atoms with van der Waals surface area (Å²) in [6, 6.07) is 6.08. The number of nitrogens with zero attached hydrogens (tertiary/aromatic N) is 1. The largest absolute Gasteiger partial charge is 0.482 e. The molecule has 8 nitrogen and oxygen atoms in total. The third-order valence-electron chi connectivity index (χ3n) is 2.64. The molecular weight excluding hydrogens is 316 g/mol. The molecule has 0 fully saturated rings. The van der Waals surface area contributed by atoms with Crippen molar-refractivity contribution in [1.29, 1.82) is 0 Å². The molecule has 0 radical (unpaired) electrons. The van der Waals surface area contributed by atoms with Crippen molar-refractivity contribution in [1.82, 2.24) is 10.4 Å². The smallest absolute Gasteiger partial charge is 0.428 e. The quantitative estimate of drug-likeness (QED) is 0.664. The van der Waals surface area contributed by atoms with Crippen molar-refractivity contribution in [2.24, 2.45) is 0 Å². The number of esters is 1. The van der Waals surface area contributed by atoms with E-state index in [1.54, 1.807) is 20.8 Å². The molecule has 0 atom stereocenters. The van der Waals surface area contributed by atoms with Crippen molar-refractivity contribution in [3.05, 3.63) is 29.8 Å². The number of carbonyl (C=O) groups excluding carboxylic acids is 3. The van der Waals surface area contributed by atoms with Crippen molar-refractivity contribution < 1.29 is 28.6 Å². The van der Waals surface area contributed by atoms with Crippen LogP contribution >= 0.6 is 0 Å². The van der Waals surface area contributed by atoms with Crippen LogP contribution in [0.1, 0.15) is 31.1 Å². The molecule has 0 aliphatic heterocycles. The number of carbonyl (C=O) groups is 3. The van der Waals surface area contributed by atoms with Gasteiger partial charge in [-0.25, -0.2) is 14.6 Å². The van der Waals surface area contributed by atoms with Crippen LogP contribution < -0.4 is 10.2 Å². The number of hydrazine groups is 1. The number of nitrogens with one attached hydrogen (secondary N) is 1. The first-order valence-corrected chi connectivity index (χ1v) is 7.20. The Kier molecular flexibility index (Phi) is 6.58. The molecule has 1 aromatic carbocycles. The lowest BCUT2D eigenvalue weighted by atomic mass is 10.2. The average Bonchev–Trinajstić information content (AvgIpc) is 2.51. The second kappa shape index (κ2) is 8.19. The standard InChI is InChI=1S/C16H22N2O6/c1-16(2,3)24-15(21)18(4)17-14(20)11-6-8-12(9-7-11)23-10-13(19)22-5/h6-9H,10H2,1-5H3,(H,17,20). The van der Waals surface area contributed by atoms with Crippen LogP contribution in [0.15, 0.2) is 24.3 Å². The molecule has 0 unspecified atom stereocenters. The van der Waals surface area contributed by atoms with E-state index in [1.807, 2.05) is 0 Å². The van der Waals surface area contributed by atoms with E-state index in [1.165, 1.54) is 38.4 Å². The van der Waals surface area contributed by atoms with Gasteiger partial charge in [-0.3, -0.25) is 10.2 Å². The molecule has 2 amide bonds. The summed E-state index contributed by atoms with van der Waals surface area (Å²) in [5.74, 6) is -0.573. The predicted molar refractivity (Wildman–Crippen MR) is 85.4 cm³/mol. The van der Waals surface area contributed by atoms with Gasteiger partial charge in [-0.1, -0.05) is 0 Å². The van der Waals surface area contributed by atoms with Crippen LogP contribution in [0.3, 0.4) is 0 Å². The van der Waals surface area contributed by atoms with E-state index in [0.29, 0.717) is 11.3 Å². The highest BCUT2D eigenvalue weighted by atomic mass is 16.6. The average molecular weight is 338 g/mol. The fraction of sp³-hybridized carbons (Fsp3) is 0.438. The minimum Gasteiger partial charge on any atom is -0.482 e. The number of ether oxygens (including phenoxy) is 3. The first-order valence-electron chi connectivity index (χ1n) is 7.20. The van der Waals surface area contributed by atoms with E-state index < -0.39 is 23.6 Å². The van der Waals surface area contributed by atoms with E-state index >= 15 is 0 Å². The van der Waals surface area contributed by atoms with E-state index in [-0.39, 0.29) is 6.61 Å². The number of methoxy groups -OCH3 is 1. The van der Waals surface area contributed by atoms with E-state index in [2.05, 4.69) is 10.2 Å². The van der Waals surface area contributed by atoms with Gasteiger partial charge in [-0.05, 0) is 45.0 Å². The molecule has 0 aliphatic rings. The summed E-state index contributed by atoms with van der Waals surface area (Å²) in [5, 5.41) is 0.968. The molecule has 0 heterocycles. The zero-order chi connectivity index (χ0) is 18.3.